The zero-order valence-electron chi connectivity index (χ0n) is 14.4. The Labute approximate surface area is 149 Å². The summed E-state index contributed by atoms with van der Waals surface area (Å²) >= 11 is 0. The molecule has 138 valence electrons. The second kappa shape index (κ2) is 8.65. The van der Waals surface area contributed by atoms with Crippen molar-refractivity contribution >= 4 is 17.8 Å². The maximum absolute atomic E-state index is 11.6. The van der Waals surface area contributed by atoms with Crippen LogP contribution >= 0.6 is 0 Å². The van der Waals surface area contributed by atoms with Crippen LogP contribution in [0.1, 0.15) is 31.7 Å². The van der Waals surface area contributed by atoms with Crippen LogP contribution in [0.5, 0.6) is 17.4 Å². The molecule has 0 aliphatic carbocycles. The summed E-state index contributed by atoms with van der Waals surface area (Å²) in [4.78, 5) is 27.2. The van der Waals surface area contributed by atoms with E-state index in [1.165, 1.54) is 6.08 Å². The van der Waals surface area contributed by atoms with Crippen LogP contribution in [0, 0.1) is 10.1 Å². The predicted molar refractivity (Wildman–Crippen MR) is 95.5 cm³/mol. The summed E-state index contributed by atoms with van der Waals surface area (Å²) in [5.41, 5.74) is -1.28. The van der Waals surface area contributed by atoms with Gasteiger partial charge in [-0.1, -0.05) is 19.1 Å². The first-order valence-corrected chi connectivity index (χ1v) is 8.01. The van der Waals surface area contributed by atoms with E-state index in [9.17, 15) is 20.0 Å². The van der Waals surface area contributed by atoms with E-state index >= 15 is 0 Å². The minimum absolute atomic E-state index is 0.0117. The molecule has 26 heavy (non-hydrogen) atoms. The van der Waals surface area contributed by atoms with E-state index in [0.29, 0.717) is 24.7 Å². The SMILES string of the molecule is CCCOc1ccc(/C=C/c2nc(O)c([N+](=O)[O-])c(=O)[nH]2)cc1OCC. The third kappa shape index (κ3) is 4.59. The van der Waals surface area contributed by atoms with Crippen LogP contribution in [-0.4, -0.2) is 33.2 Å². The Morgan fingerprint density at radius 1 is 1.27 bits per heavy atom. The predicted octanol–water partition coefficient (Wildman–Crippen LogP) is 2.74. The molecule has 0 atom stereocenters. The summed E-state index contributed by atoms with van der Waals surface area (Å²) in [6.07, 6.45) is 3.91. The molecule has 2 rings (SSSR count). The highest BCUT2D eigenvalue weighted by Gasteiger charge is 2.21. The van der Waals surface area contributed by atoms with Crippen LogP contribution in [0.15, 0.2) is 23.0 Å². The standard InChI is InChI=1S/C17H19N3O6/c1-3-9-26-12-7-5-11(10-13(12)25-4-2)6-8-14-18-16(21)15(20(23)24)17(22)19-14/h5-8,10H,3-4,9H2,1-2H3,(H2,18,19,21,22)/b8-6+. The fourth-order valence-corrected chi connectivity index (χ4v) is 2.12. The summed E-state index contributed by atoms with van der Waals surface area (Å²) in [6.45, 7) is 4.91. The molecular weight excluding hydrogens is 342 g/mol. The molecular formula is C17H19N3O6. The summed E-state index contributed by atoms with van der Waals surface area (Å²) < 4.78 is 11.2. The number of H-pyrrole nitrogens is 1. The van der Waals surface area contributed by atoms with Gasteiger partial charge in [0.25, 0.3) is 5.88 Å². The largest absolute Gasteiger partial charge is 0.490 e. The molecule has 0 radical (unpaired) electrons. The number of aromatic nitrogens is 2. The molecule has 0 amide bonds. The third-order valence-electron chi connectivity index (χ3n) is 3.24. The molecule has 9 nitrogen and oxygen atoms in total. The lowest BCUT2D eigenvalue weighted by molar-refractivity contribution is -0.387. The lowest BCUT2D eigenvalue weighted by atomic mass is 10.2. The Balaban J connectivity index is 2.28. The van der Waals surface area contributed by atoms with Crippen molar-refractivity contribution in [1.29, 1.82) is 0 Å². The molecule has 0 saturated carbocycles. The van der Waals surface area contributed by atoms with Crippen molar-refractivity contribution in [3.05, 3.63) is 50.1 Å². The van der Waals surface area contributed by atoms with Gasteiger partial charge < -0.3 is 19.6 Å². The van der Waals surface area contributed by atoms with Crippen molar-refractivity contribution in [3.8, 4) is 17.4 Å². The lowest BCUT2D eigenvalue weighted by Crippen LogP contribution is -2.14. The van der Waals surface area contributed by atoms with E-state index in [4.69, 9.17) is 9.47 Å². The van der Waals surface area contributed by atoms with Gasteiger partial charge in [-0.2, -0.15) is 4.98 Å². The average molecular weight is 361 g/mol. The minimum Gasteiger partial charge on any atom is -0.490 e. The first-order valence-electron chi connectivity index (χ1n) is 8.01. The molecule has 1 aromatic carbocycles. The van der Waals surface area contributed by atoms with E-state index < -0.39 is 22.0 Å². The number of rotatable bonds is 8. The molecule has 0 unspecified atom stereocenters. The van der Waals surface area contributed by atoms with Crippen molar-refractivity contribution in [3.63, 3.8) is 0 Å². The van der Waals surface area contributed by atoms with Crippen molar-refractivity contribution in [2.75, 3.05) is 13.2 Å². The summed E-state index contributed by atoms with van der Waals surface area (Å²) in [6, 6.07) is 5.31. The molecule has 0 saturated heterocycles. The van der Waals surface area contributed by atoms with Gasteiger partial charge in [-0.3, -0.25) is 14.9 Å². The summed E-state index contributed by atoms with van der Waals surface area (Å²) in [5.74, 6) is 0.264. The van der Waals surface area contributed by atoms with E-state index in [1.807, 2.05) is 13.8 Å². The Hall–Kier alpha value is -3.36. The number of aromatic hydroxyl groups is 1. The molecule has 0 aliphatic rings. The van der Waals surface area contributed by atoms with Crippen LogP contribution in [0.3, 0.4) is 0 Å². The molecule has 0 fully saturated rings. The lowest BCUT2D eigenvalue weighted by Gasteiger charge is -2.12. The Bertz CT molecular complexity index is 875. The molecule has 0 bridgehead atoms. The average Bonchev–Trinajstić information content (AvgIpc) is 2.58. The van der Waals surface area contributed by atoms with Crippen molar-refractivity contribution in [1.82, 2.24) is 9.97 Å². The van der Waals surface area contributed by atoms with Gasteiger partial charge in [0.2, 0.25) is 0 Å². The Kier molecular flexibility index (Phi) is 6.31. The van der Waals surface area contributed by atoms with Gasteiger partial charge in [-0.15, -0.1) is 0 Å². The van der Waals surface area contributed by atoms with Crippen LogP contribution < -0.4 is 15.0 Å². The molecule has 2 aromatic rings. The quantitative estimate of drug-likeness (QED) is 0.546. The van der Waals surface area contributed by atoms with Crippen molar-refractivity contribution < 1.29 is 19.5 Å². The first kappa shape index (κ1) is 19.0. The Morgan fingerprint density at radius 2 is 2.04 bits per heavy atom. The Morgan fingerprint density at radius 3 is 2.65 bits per heavy atom. The first-order chi connectivity index (χ1) is 12.5. The number of aromatic amines is 1. The van der Waals surface area contributed by atoms with Crippen molar-refractivity contribution in [2.45, 2.75) is 20.3 Å². The zero-order chi connectivity index (χ0) is 19.1. The summed E-state index contributed by atoms with van der Waals surface area (Å²) in [5, 5.41) is 20.2. The van der Waals surface area contributed by atoms with Gasteiger partial charge >= 0.3 is 11.2 Å². The van der Waals surface area contributed by atoms with Gasteiger partial charge in [0.05, 0.1) is 18.1 Å². The van der Waals surface area contributed by atoms with E-state index in [-0.39, 0.29) is 5.82 Å². The normalized spacial score (nSPS) is 10.8. The number of nitro groups is 1. The van der Waals surface area contributed by atoms with Crippen molar-refractivity contribution in [2.24, 2.45) is 0 Å². The molecule has 0 aliphatic heterocycles. The number of hydrogen-bond donors (Lipinski definition) is 2. The van der Waals surface area contributed by atoms with Crippen LogP contribution in [0.2, 0.25) is 0 Å². The monoisotopic (exact) mass is 361 g/mol. The number of nitrogens with one attached hydrogen (secondary N) is 1. The highest BCUT2D eigenvalue weighted by molar-refractivity contribution is 5.68. The topological polar surface area (TPSA) is 128 Å². The molecule has 2 N–H and O–H groups in total. The van der Waals surface area contributed by atoms with Gasteiger partial charge in [-0.25, -0.2) is 0 Å². The zero-order valence-corrected chi connectivity index (χ0v) is 14.4. The van der Waals surface area contributed by atoms with Gasteiger partial charge in [-0.05, 0) is 37.1 Å². The van der Waals surface area contributed by atoms with Crippen LogP contribution in [0.25, 0.3) is 12.2 Å². The third-order valence-corrected chi connectivity index (χ3v) is 3.24. The highest BCUT2D eigenvalue weighted by atomic mass is 16.6. The minimum atomic E-state index is -1.03. The smallest absolute Gasteiger partial charge is 0.395 e. The fraction of sp³-hybridized carbons (Fsp3) is 0.294. The highest BCUT2D eigenvalue weighted by Crippen LogP contribution is 2.29. The molecule has 0 spiro atoms. The fourth-order valence-electron chi connectivity index (χ4n) is 2.12. The summed E-state index contributed by atoms with van der Waals surface area (Å²) in [7, 11) is 0. The van der Waals surface area contributed by atoms with Crippen LogP contribution in [0.4, 0.5) is 5.69 Å². The number of hydrogen-bond acceptors (Lipinski definition) is 7. The maximum Gasteiger partial charge on any atom is 0.395 e. The van der Waals surface area contributed by atoms with Gasteiger partial charge in [0, 0.05) is 0 Å². The van der Waals surface area contributed by atoms with Crippen LogP contribution in [-0.2, 0) is 0 Å². The van der Waals surface area contributed by atoms with E-state index in [2.05, 4.69) is 9.97 Å². The van der Waals surface area contributed by atoms with E-state index in [0.717, 1.165) is 12.0 Å². The maximum atomic E-state index is 11.6. The van der Waals surface area contributed by atoms with E-state index in [1.54, 1.807) is 24.3 Å². The number of benzene rings is 1. The number of ether oxygens (including phenoxy) is 2. The molecule has 1 aromatic heterocycles. The van der Waals surface area contributed by atoms with Gasteiger partial charge in [0.1, 0.15) is 5.82 Å². The second-order valence-corrected chi connectivity index (χ2v) is 5.20. The molecule has 9 heteroatoms. The number of nitrogens with zero attached hydrogens (tertiary/aromatic N) is 2. The van der Waals surface area contributed by atoms with Gasteiger partial charge in [0.15, 0.2) is 11.5 Å². The molecule has 1 heterocycles. The second-order valence-electron chi connectivity index (χ2n) is 5.20.